The molecule has 7 heteroatoms. The van der Waals surface area contributed by atoms with Crippen LogP contribution in [0, 0.1) is 6.92 Å². The number of ether oxygens (including phenoxy) is 2. The molecule has 0 aliphatic heterocycles. The quantitative estimate of drug-likeness (QED) is 0.270. The smallest absolute Gasteiger partial charge is 0.343 e. The summed E-state index contributed by atoms with van der Waals surface area (Å²) in [5, 5.41) is 0.885. The molecule has 1 aromatic heterocycles. The van der Waals surface area contributed by atoms with Gasteiger partial charge in [0, 0.05) is 6.07 Å². The van der Waals surface area contributed by atoms with E-state index >= 15 is 0 Å². The van der Waals surface area contributed by atoms with Crippen LogP contribution in [0.25, 0.3) is 11.0 Å². The molecule has 0 fully saturated rings. The lowest BCUT2D eigenvalue weighted by Gasteiger charge is -2.08. The van der Waals surface area contributed by atoms with Crippen molar-refractivity contribution in [3.63, 3.8) is 0 Å². The van der Waals surface area contributed by atoms with Gasteiger partial charge < -0.3 is 13.9 Å². The molecule has 0 aliphatic carbocycles. The van der Waals surface area contributed by atoms with Gasteiger partial charge in [-0.3, -0.25) is 4.79 Å². The average molecular weight is 441 g/mol. The summed E-state index contributed by atoms with van der Waals surface area (Å²) >= 11 is 11.8. The van der Waals surface area contributed by atoms with Gasteiger partial charge in [-0.05, 0) is 55.0 Å². The first kappa shape index (κ1) is 20.0. The molecule has 0 bridgehead atoms. The summed E-state index contributed by atoms with van der Waals surface area (Å²) < 4.78 is 16.5. The molecule has 5 nitrogen and oxygen atoms in total. The average Bonchev–Trinajstić information content (AvgIpc) is 2.72. The van der Waals surface area contributed by atoms with Crippen molar-refractivity contribution in [2.75, 3.05) is 0 Å². The Morgan fingerprint density at radius 1 is 0.933 bits per heavy atom. The molecule has 0 unspecified atom stereocenters. The molecule has 4 aromatic rings. The van der Waals surface area contributed by atoms with Crippen LogP contribution >= 0.6 is 23.2 Å². The lowest BCUT2D eigenvalue weighted by molar-refractivity contribution is 0.0735. The van der Waals surface area contributed by atoms with E-state index < -0.39 is 5.97 Å². The van der Waals surface area contributed by atoms with E-state index in [1.165, 1.54) is 42.7 Å². The van der Waals surface area contributed by atoms with Gasteiger partial charge in [0.25, 0.3) is 0 Å². The number of rotatable bonds is 4. The van der Waals surface area contributed by atoms with E-state index in [-0.39, 0.29) is 33.1 Å². The predicted octanol–water partition coefficient (Wildman–Crippen LogP) is 6.42. The lowest BCUT2D eigenvalue weighted by Crippen LogP contribution is -2.09. The fraction of sp³-hybridized carbons (Fsp3) is 0.0435. The van der Waals surface area contributed by atoms with Crippen LogP contribution in [0.3, 0.4) is 0 Å². The maximum Gasteiger partial charge on any atom is 0.343 e. The molecule has 0 radical (unpaired) electrons. The number of hydrogen-bond donors (Lipinski definition) is 0. The van der Waals surface area contributed by atoms with Gasteiger partial charge in [-0.1, -0.05) is 35.3 Å². The fourth-order valence-electron chi connectivity index (χ4n) is 2.82. The second-order valence-corrected chi connectivity index (χ2v) is 7.34. The maximum absolute atomic E-state index is 12.7. The predicted molar refractivity (Wildman–Crippen MR) is 115 cm³/mol. The Labute approximate surface area is 181 Å². The summed E-state index contributed by atoms with van der Waals surface area (Å²) in [4.78, 5) is 25.1. The molecule has 0 saturated carbocycles. The number of benzene rings is 3. The van der Waals surface area contributed by atoms with E-state index in [0.29, 0.717) is 16.2 Å². The molecule has 30 heavy (non-hydrogen) atoms. The van der Waals surface area contributed by atoms with Crippen molar-refractivity contribution >= 4 is 40.1 Å². The summed E-state index contributed by atoms with van der Waals surface area (Å²) in [7, 11) is 0. The zero-order valence-electron chi connectivity index (χ0n) is 15.6. The normalized spacial score (nSPS) is 10.8. The van der Waals surface area contributed by atoms with Crippen LogP contribution in [-0.4, -0.2) is 5.97 Å². The molecule has 0 amide bonds. The molecular weight excluding hydrogens is 427 g/mol. The maximum atomic E-state index is 12.7. The third-order valence-corrected chi connectivity index (χ3v) is 5.04. The second kappa shape index (κ2) is 8.22. The zero-order valence-corrected chi connectivity index (χ0v) is 17.2. The van der Waals surface area contributed by atoms with E-state index in [2.05, 4.69) is 0 Å². The van der Waals surface area contributed by atoms with E-state index in [1.54, 1.807) is 6.07 Å². The van der Waals surface area contributed by atoms with Crippen molar-refractivity contribution in [2.24, 2.45) is 0 Å². The zero-order chi connectivity index (χ0) is 21.3. The number of hydrogen-bond acceptors (Lipinski definition) is 5. The van der Waals surface area contributed by atoms with Crippen molar-refractivity contribution in [1.82, 2.24) is 0 Å². The fourth-order valence-corrected chi connectivity index (χ4v) is 3.12. The van der Waals surface area contributed by atoms with Crippen LogP contribution in [0.15, 0.2) is 76.1 Å². The van der Waals surface area contributed by atoms with Crippen molar-refractivity contribution in [3.8, 4) is 17.2 Å². The van der Waals surface area contributed by atoms with Crippen molar-refractivity contribution in [2.45, 2.75) is 6.92 Å². The highest BCUT2D eigenvalue weighted by atomic mass is 35.5. The largest absolute Gasteiger partial charge is 0.460 e. The standard InChI is InChI=1S/C23H14Cl2O5/c1-13-3-2-4-15(9-13)29-21-12-28-20-11-16(6-7-17(20)22(21)26)30-23(27)14-5-8-18(24)19(25)10-14/h2-12H,1H3. The number of carbonyl (C=O) groups is 1. The number of halogens is 2. The van der Waals surface area contributed by atoms with E-state index in [0.717, 1.165) is 5.56 Å². The molecule has 4 rings (SSSR count). The van der Waals surface area contributed by atoms with Gasteiger partial charge in [0.05, 0.1) is 21.0 Å². The Kier molecular flexibility index (Phi) is 5.48. The number of fused-ring (bicyclic) bond motifs is 1. The second-order valence-electron chi connectivity index (χ2n) is 6.52. The van der Waals surface area contributed by atoms with E-state index in [4.69, 9.17) is 37.1 Å². The third-order valence-electron chi connectivity index (χ3n) is 4.30. The molecule has 1 heterocycles. The van der Waals surface area contributed by atoms with Gasteiger partial charge >= 0.3 is 5.97 Å². The van der Waals surface area contributed by atoms with Crippen molar-refractivity contribution in [1.29, 1.82) is 0 Å². The Bertz CT molecular complexity index is 1330. The molecule has 0 spiro atoms. The Hall–Kier alpha value is -3.28. The molecule has 0 aliphatic rings. The summed E-state index contributed by atoms with van der Waals surface area (Å²) in [5.74, 6) is 0.200. The Morgan fingerprint density at radius 2 is 1.77 bits per heavy atom. The first-order valence-corrected chi connectivity index (χ1v) is 9.63. The number of carbonyl (C=O) groups excluding carboxylic acids is 1. The van der Waals surface area contributed by atoms with Gasteiger partial charge in [0.1, 0.15) is 23.3 Å². The summed E-state index contributed by atoms with van der Waals surface area (Å²) in [6.45, 7) is 1.93. The minimum atomic E-state index is -0.616. The molecule has 150 valence electrons. The monoisotopic (exact) mass is 440 g/mol. The first-order chi connectivity index (χ1) is 14.4. The number of esters is 1. The van der Waals surface area contributed by atoms with Gasteiger partial charge in [-0.25, -0.2) is 4.79 Å². The lowest BCUT2D eigenvalue weighted by atomic mass is 10.2. The van der Waals surface area contributed by atoms with Gasteiger partial charge in [0.2, 0.25) is 11.2 Å². The summed E-state index contributed by atoms with van der Waals surface area (Å²) in [6, 6.07) is 16.2. The van der Waals surface area contributed by atoms with Crippen LogP contribution in [-0.2, 0) is 0 Å². The topological polar surface area (TPSA) is 65.7 Å². The summed E-state index contributed by atoms with van der Waals surface area (Å²) in [5.41, 5.74) is 1.18. The Morgan fingerprint density at radius 3 is 2.53 bits per heavy atom. The number of aryl methyl sites for hydroxylation is 1. The van der Waals surface area contributed by atoms with Gasteiger partial charge in [-0.15, -0.1) is 0 Å². The van der Waals surface area contributed by atoms with Crippen LogP contribution in [0.2, 0.25) is 10.0 Å². The highest BCUT2D eigenvalue weighted by Crippen LogP contribution is 2.26. The van der Waals surface area contributed by atoms with Gasteiger partial charge in [0.15, 0.2) is 0 Å². The van der Waals surface area contributed by atoms with Crippen LogP contribution < -0.4 is 14.9 Å². The highest BCUT2D eigenvalue weighted by Gasteiger charge is 2.14. The van der Waals surface area contributed by atoms with Crippen molar-refractivity contribution in [3.05, 3.63) is 98.3 Å². The SMILES string of the molecule is Cc1cccc(Oc2coc3cc(OC(=O)c4ccc(Cl)c(Cl)c4)ccc3c2=O)c1. The Balaban J connectivity index is 1.59. The minimum Gasteiger partial charge on any atom is -0.460 e. The van der Waals surface area contributed by atoms with Crippen LogP contribution in [0.1, 0.15) is 15.9 Å². The third kappa shape index (κ3) is 4.17. The summed E-state index contributed by atoms with van der Waals surface area (Å²) in [6.07, 6.45) is 1.23. The molecule has 0 atom stereocenters. The molecule has 0 saturated heterocycles. The van der Waals surface area contributed by atoms with E-state index in [1.807, 2.05) is 25.1 Å². The first-order valence-electron chi connectivity index (χ1n) is 8.88. The van der Waals surface area contributed by atoms with E-state index in [9.17, 15) is 9.59 Å². The van der Waals surface area contributed by atoms with Gasteiger partial charge in [-0.2, -0.15) is 0 Å². The molecule has 0 N–H and O–H groups in total. The molecular formula is C23H14Cl2O5. The van der Waals surface area contributed by atoms with Crippen LogP contribution in [0.5, 0.6) is 17.2 Å². The van der Waals surface area contributed by atoms with Crippen molar-refractivity contribution < 1.29 is 18.7 Å². The molecule has 3 aromatic carbocycles. The van der Waals surface area contributed by atoms with Crippen LogP contribution in [0.4, 0.5) is 0 Å². The minimum absolute atomic E-state index is 0.0636. The highest BCUT2D eigenvalue weighted by molar-refractivity contribution is 6.42.